The Hall–Kier alpha value is -3.68. The maximum Gasteiger partial charge on any atom is 0.349 e. The summed E-state index contributed by atoms with van der Waals surface area (Å²) >= 11 is 0. The second kappa shape index (κ2) is 8.82. The fourth-order valence-corrected chi connectivity index (χ4v) is 2.10. The lowest BCUT2D eigenvalue weighted by Crippen LogP contribution is -2.43. The molecule has 0 aliphatic rings. The van der Waals surface area contributed by atoms with Crippen LogP contribution in [-0.4, -0.2) is 24.3 Å². The molecule has 2 aromatic carbocycles. The number of nitrogens with one attached hydrogen (secondary N) is 2. The number of hydrogen-bond donors (Lipinski definition) is 2. The number of urea groups is 1. The quantitative estimate of drug-likeness (QED) is 0.646. The van der Waals surface area contributed by atoms with Crippen LogP contribution >= 0.6 is 0 Å². The topological polar surface area (TPSA) is 104 Å². The molecule has 0 aliphatic heterocycles. The Labute approximate surface area is 145 Å². The molecule has 25 heavy (non-hydrogen) atoms. The third-order valence-electron chi connectivity index (χ3n) is 3.16. The van der Waals surface area contributed by atoms with Crippen molar-refractivity contribution in [3.8, 4) is 12.1 Å². The normalized spacial score (nSPS) is 10.2. The van der Waals surface area contributed by atoms with Gasteiger partial charge in [0, 0.05) is 13.6 Å². The summed E-state index contributed by atoms with van der Waals surface area (Å²) in [5.74, 6) is 0. The Bertz CT molecular complexity index is 862. The van der Waals surface area contributed by atoms with Gasteiger partial charge in [0.2, 0.25) is 0 Å². The van der Waals surface area contributed by atoms with E-state index in [2.05, 4.69) is 22.0 Å². The molecule has 2 rings (SSSR count). The second-order valence-electron chi connectivity index (χ2n) is 5.22. The standard InChI is InChI=1S/C18H16N6O/c1-24(13-17-7-3-5-15(9-17)11-20)23-18(25)22-21-12-16-6-2-4-14(8-16)10-19/h2-9,12H,13H2,1H3,(H2,22,23,25)/b21-12+. The van der Waals surface area contributed by atoms with Crippen LogP contribution in [0.2, 0.25) is 0 Å². The first kappa shape index (κ1) is 17.7. The summed E-state index contributed by atoms with van der Waals surface area (Å²) in [5, 5.41) is 23.1. The van der Waals surface area contributed by atoms with Crippen molar-refractivity contribution < 1.29 is 4.79 Å². The number of rotatable bonds is 5. The van der Waals surface area contributed by atoms with Crippen LogP contribution in [0.5, 0.6) is 0 Å². The predicted octanol–water partition coefficient (Wildman–Crippen LogP) is 2.11. The van der Waals surface area contributed by atoms with Gasteiger partial charge in [-0.15, -0.1) is 0 Å². The monoisotopic (exact) mass is 332 g/mol. The van der Waals surface area contributed by atoms with Crippen LogP contribution in [0.4, 0.5) is 4.79 Å². The van der Waals surface area contributed by atoms with Crippen molar-refractivity contribution in [2.45, 2.75) is 6.54 Å². The van der Waals surface area contributed by atoms with E-state index in [1.807, 2.05) is 12.1 Å². The molecule has 0 spiro atoms. The molecule has 0 aromatic heterocycles. The SMILES string of the molecule is CN(Cc1cccc(C#N)c1)NC(=O)N/N=C/c1cccc(C#N)c1. The lowest BCUT2D eigenvalue weighted by molar-refractivity contribution is 0.195. The van der Waals surface area contributed by atoms with Crippen molar-refractivity contribution in [3.05, 3.63) is 70.8 Å². The molecule has 2 amide bonds. The summed E-state index contributed by atoms with van der Waals surface area (Å²) in [6.07, 6.45) is 1.46. The van der Waals surface area contributed by atoms with E-state index < -0.39 is 6.03 Å². The van der Waals surface area contributed by atoms with Gasteiger partial charge in [0.15, 0.2) is 0 Å². The first-order chi connectivity index (χ1) is 12.1. The van der Waals surface area contributed by atoms with E-state index in [1.165, 1.54) is 6.21 Å². The Morgan fingerprint density at radius 3 is 2.56 bits per heavy atom. The smallest absolute Gasteiger partial charge is 0.269 e. The van der Waals surface area contributed by atoms with E-state index in [0.29, 0.717) is 23.2 Å². The highest BCUT2D eigenvalue weighted by atomic mass is 16.2. The summed E-state index contributed by atoms with van der Waals surface area (Å²) in [6.45, 7) is 0.441. The summed E-state index contributed by atoms with van der Waals surface area (Å²) < 4.78 is 0. The van der Waals surface area contributed by atoms with Crippen molar-refractivity contribution in [3.63, 3.8) is 0 Å². The largest absolute Gasteiger partial charge is 0.349 e. The van der Waals surface area contributed by atoms with Gasteiger partial charge in [-0.1, -0.05) is 24.3 Å². The minimum absolute atomic E-state index is 0.441. The Balaban J connectivity index is 1.84. The average molecular weight is 332 g/mol. The molecular formula is C18H16N6O. The Kier molecular flexibility index (Phi) is 6.24. The third kappa shape index (κ3) is 5.79. The maximum absolute atomic E-state index is 11.8. The van der Waals surface area contributed by atoms with E-state index in [0.717, 1.165) is 5.56 Å². The molecule has 2 N–H and O–H groups in total. The van der Waals surface area contributed by atoms with Crippen molar-refractivity contribution in [2.24, 2.45) is 5.10 Å². The number of nitriles is 2. The van der Waals surface area contributed by atoms with Gasteiger partial charge in [-0.05, 0) is 35.4 Å². The fraction of sp³-hybridized carbons (Fsp3) is 0.111. The van der Waals surface area contributed by atoms with Gasteiger partial charge in [0.05, 0.1) is 29.5 Å². The maximum atomic E-state index is 11.8. The number of carbonyl (C=O) groups excluding carboxylic acids is 1. The first-order valence-corrected chi connectivity index (χ1v) is 7.41. The molecule has 7 heteroatoms. The van der Waals surface area contributed by atoms with Gasteiger partial charge < -0.3 is 0 Å². The molecule has 0 aliphatic carbocycles. The number of amides is 2. The molecular weight excluding hydrogens is 316 g/mol. The van der Waals surface area contributed by atoms with Crippen LogP contribution in [0.1, 0.15) is 22.3 Å². The molecule has 0 heterocycles. The number of nitrogens with zero attached hydrogens (tertiary/aromatic N) is 4. The van der Waals surface area contributed by atoms with Crippen molar-refractivity contribution in [1.82, 2.24) is 15.9 Å². The van der Waals surface area contributed by atoms with E-state index >= 15 is 0 Å². The molecule has 7 nitrogen and oxygen atoms in total. The zero-order chi connectivity index (χ0) is 18.1. The van der Waals surface area contributed by atoms with Crippen LogP contribution in [0, 0.1) is 22.7 Å². The molecule has 0 unspecified atom stereocenters. The zero-order valence-electron chi connectivity index (χ0n) is 13.6. The van der Waals surface area contributed by atoms with E-state index in [4.69, 9.17) is 10.5 Å². The third-order valence-corrected chi connectivity index (χ3v) is 3.16. The van der Waals surface area contributed by atoms with Gasteiger partial charge in [0.25, 0.3) is 0 Å². The zero-order valence-corrected chi connectivity index (χ0v) is 13.6. The van der Waals surface area contributed by atoms with Gasteiger partial charge >= 0.3 is 6.03 Å². The summed E-state index contributed by atoms with van der Waals surface area (Å²) in [4.78, 5) is 11.8. The minimum Gasteiger partial charge on any atom is -0.269 e. The van der Waals surface area contributed by atoms with Crippen molar-refractivity contribution in [1.29, 1.82) is 10.5 Å². The predicted molar refractivity (Wildman–Crippen MR) is 93.0 cm³/mol. The van der Waals surface area contributed by atoms with Crippen molar-refractivity contribution in [2.75, 3.05) is 7.05 Å². The highest BCUT2D eigenvalue weighted by Crippen LogP contribution is 2.05. The molecule has 0 atom stereocenters. The number of hydrazine groups is 1. The molecule has 0 bridgehead atoms. The van der Waals surface area contributed by atoms with Gasteiger partial charge in [-0.3, -0.25) is 5.43 Å². The summed E-state index contributed by atoms with van der Waals surface area (Å²) in [5.41, 5.74) is 7.66. The highest BCUT2D eigenvalue weighted by Gasteiger charge is 2.05. The first-order valence-electron chi connectivity index (χ1n) is 7.41. The molecule has 0 saturated carbocycles. The van der Waals surface area contributed by atoms with Crippen LogP contribution in [0.25, 0.3) is 0 Å². The summed E-state index contributed by atoms with van der Waals surface area (Å²) in [7, 11) is 1.71. The summed E-state index contributed by atoms with van der Waals surface area (Å²) in [6, 6.07) is 17.6. The molecule has 0 saturated heterocycles. The number of carbonyl (C=O) groups is 1. The molecule has 124 valence electrons. The number of benzene rings is 2. The number of hydrazone groups is 1. The molecule has 2 aromatic rings. The Morgan fingerprint density at radius 2 is 1.84 bits per heavy atom. The fourth-order valence-electron chi connectivity index (χ4n) is 2.10. The van der Waals surface area contributed by atoms with E-state index in [-0.39, 0.29) is 0 Å². The highest BCUT2D eigenvalue weighted by molar-refractivity contribution is 5.82. The van der Waals surface area contributed by atoms with Crippen LogP contribution in [-0.2, 0) is 6.54 Å². The minimum atomic E-state index is -0.494. The van der Waals surface area contributed by atoms with Gasteiger partial charge in [0.1, 0.15) is 0 Å². The molecule has 0 radical (unpaired) electrons. The van der Waals surface area contributed by atoms with E-state index in [9.17, 15) is 4.79 Å². The lowest BCUT2D eigenvalue weighted by Gasteiger charge is -2.17. The Morgan fingerprint density at radius 1 is 1.16 bits per heavy atom. The van der Waals surface area contributed by atoms with Gasteiger partial charge in [-0.25, -0.2) is 15.2 Å². The van der Waals surface area contributed by atoms with Gasteiger partial charge in [-0.2, -0.15) is 15.6 Å². The second-order valence-corrected chi connectivity index (χ2v) is 5.22. The number of hydrogen-bond acceptors (Lipinski definition) is 5. The van der Waals surface area contributed by atoms with Crippen molar-refractivity contribution >= 4 is 12.2 Å². The van der Waals surface area contributed by atoms with E-state index in [1.54, 1.807) is 54.5 Å². The van der Waals surface area contributed by atoms with Crippen LogP contribution in [0.3, 0.4) is 0 Å². The van der Waals surface area contributed by atoms with Crippen LogP contribution in [0.15, 0.2) is 53.6 Å². The van der Waals surface area contributed by atoms with Crippen LogP contribution < -0.4 is 10.9 Å². The average Bonchev–Trinajstić information content (AvgIpc) is 2.62. The lowest BCUT2D eigenvalue weighted by atomic mass is 10.1. The molecule has 0 fully saturated rings.